The van der Waals surface area contributed by atoms with E-state index in [1.54, 1.807) is 43.3 Å². The Kier molecular flexibility index (Phi) is 7.24. The van der Waals surface area contributed by atoms with Crippen LogP contribution < -0.4 is 14.2 Å². The van der Waals surface area contributed by atoms with Gasteiger partial charge in [0.15, 0.2) is 5.78 Å². The third kappa shape index (κ3) is 5.74. The Morgan fingerprint density at radius 3 is 2.26 bits per heavy atom. The van der Waals surface area contributed by atoms with Crippen LogP contribution in [0.1, 0.15) is 42.3 Å². The van der Waals surface area contributed by atoms with Crippen molar-refractivity contribution in [1.29, 1.82) is 0 Å². The fourth-order valence-electron chi connectivity index (χ4n) is 2.56. The second-order valence-electron chi connectivity index (χ2n) is 6.05. The molecule has 0 aliphatic carbocycles. The molecule has 0 saturated carbocycles. The summed E-state index contributed by atoms with van der Waals surface area (Å²) in [5.41, 5.74) is 2.42. The summed E-state index contributed by atoms with van der Waals surface area (Å²) in [5, 5.41) is 0. The average Bonchev–Trinajstić information content (AvgIpc) is 2.63. The van der Waals surface area contributed by atoms with E-state index in [0.29, 0.717) is 36.0 Å². The molecule has 4 nitrogen and oxygen atoms in total. The lowest BCUT2D eigenvalue weighted by Gasteiger charge is -2.13. The number of carbonyl (C=O) groups excluding carboxylic acids is 1. The minimum atomic E-state index is -0.0918. The van der Waals surface area contributed by atoms with Crippen LogP contribution in [-0.2, 0) is 0 Å². The Balaban J connectivity index is 2.21. The predicted molar refractivity (Wildman–Crippen MR) is 109 cm³/mol. The molecule has 0 bridgehead atoms. The second kappa shape index (κ2) is 9.62. The fourth-order valence-corrected chi connectivity index (χ4v) is 2.56. The van der Waals surface area contributed by atoms with Gasteiger partial charge in [-0.2, -0.15) is 0 Å². The quantitative estimate of drug-likeness (QED) is 0.329. The van der Waals surface area contributed by atoms with Crippen LogP contribution in [0.3, 0.4) is 0 Å². The van der Waals surface area contributed by atoms with Crippen molar-refractivity contribution in [3.8, 4) is 17.2 Å². The Labute approximate surface area is 161 Å². The smallest absolute Gasteiger partial charge is 0.185 e. The van der Waals surface area contributed by atoms with E-state index in [1.807, 2.05) is 32.9 Å². The van der Waals surface area contributed by atoms with Crippen molar-refractivity contribution in [2.24, 2.45) is 0 Å². The molecule has 0 heterocycles. The van der Waals surface area contributed by atoms with E-state index in [-0.39, 0.29) is 5.78 Å². The lowest BCUT2D eigenvalue weighted by molar-refractivity contribution is 0.104. The molecule has 2 rings (SSSR count). The van der Waals surface area contributed by atoms with Gasteiger partial charge in [0.05, 0.1) is 19.0 Å². The van der Waals surface area contributed by atoms with Crippen LogP contribution in [-0.4, -0.2) is 19.0 Å². The first-order chi connectivity index (χ1) is 12.9. The van der Waals surface area contributed by atoms with Crippen molar-refractivity contribution >= 4 is 11.9 Å². The van der Waals surface area contributed by atoms with Crippen LogP contribution in [0.25, 0.3) is 6.08 Å². The lowest BCUT2D eigenvalue weighted by atomic mass is 10.1. The van der Waals surface area contributed by atoms with Crippen molar-refractivity contribution in [3.63, 3.8) is 0 Å². The molecule has 142 valence electrons. The van der Waals surface area contributed by atoms with Gasteiger partial charge in [0.1, 0.15) is 17.2 Å². The maximum atomic E-state index is 12.5. The Morgan fingerprint density at radius 2 is 1.67 bits per heavy atom. The van der Waals surface area contributed by atoms with Gasteiger partial charge in [-0.05, 0) is 75.7 Å². The molecule has 0 saturated heterocycles. The van der Waals surface area contributed by atoms with E-state index < -0.39 is 0 Å². The van der Waals surface area contributed by atoms with Gasteiger partial charge in [0, 0.05) is 17.2 Å². The number of carbonyl (C=O) groups is 1. The summed E-state index contributed by atoms with van der Waals surface area (Å²) in [5.74, 6) is 2.65. The van der Waals surface area contributed by atoms with E-state index in [2.05, 4.69) is 6.58 Å². The number of aryl methyl sites for hydroxylation is 1. The van der Waals surface area contributed by atoms with Crippen molar-refractivity contribution in [2.75, 3.05) is 13.2 Å². The number of ether oxygens (including phenoxy) is 3. The first-order valence-corrected chi connectivity index (χ1v) is 9.00. The van der Waals surface area contributed by atoms with Crippen LogP contribution in [0, 0.1) is 6.92 Å². The molecule has 0 aromatic heterocycles. The lowest BCUT2D eigenvalue weighted by Crippen LogP contribution is -1.99. The molecule has 4 heteroatoms. The number of allylic oxidation sites excluding steroid dienone is 2. The van der Waals surface area contributed by atoms with Gasteiger partial charge >= 0.3 is 0 Å². The highest BCUT2D eigenvalue weighted by atomic mass is 16.5. The first-order valence-electron chi connectivity index (χ1n) is 9.00. The average molecular weight is 366 g/mol. The van der Waals surface area contributed by atoms with Gasteiger partial charge in [0.2, 0.25) is 0 Å². The highest BCUT2D eigenvalue weighted by Gasteiger charge is 2.09. The summed E-state index contributed by atoms with van der Waals surface area (Å²) in [6, 6.07) is 10.8. The van der Waals surface area contributed by atoms with Gasteiger partial charge in [-0.25, -0.2) is 0 Å². The molecule has 0 aliphatic rings. The van der Waals surface area contributed by atoms with Gasteiger partial charge in [0.25, 0.3) is 0 Å². The van der Waals surface area contributed by atoms with Crippen LogP contribution in [0.4, 0.5) is 0 Å². The molecular weight excluding hydrogens is 340 g/mol. The van der Waals surface area contributed by atoms with E-state index in [1.165, 1.54) is 0 Å². The third-order valence-electron chi connectivity index (χ3n) is 3.75. The number of hydrogen-bond donors (Lipinski definition) is 0. The first kappa shape index (κ1) is 20.3. The Morgan fingerprint density at radius 1 is 1.04 bits per heavy atom. The van der Waals surface area contributed by atoms with Gasteiger partial charge in [-0.1, -0.05) is 6.58 Å². The zero-order valence-electron chi connectivity index (χ0n) is 16.4. The molecule has 0 radical (unpaired) electrons. The van der Waals surface area contributed by atoms with Gasteiger partial charge in [-0.15, -0.1) is 0 Å². The predicted octanol–water partition coefficient (Wildman–Crippen LogP) is 5.60. The SMILES string of the molecule is C=C(C)Oc1ccc(C(=O)/C=C/c2cc(C)c(OCC)cc2OCC)cc1. The summed E-state index contributed by atoms with van der Waals surface area (Å²) in [6.45, 7) is 12.4. The number of ketones is 1. The minimum absolute atomic E-state index is 0.0918. The molecular formula is C23H26O4. The van der Waals surface area contributed by atoms with E-state index in [4.69, 9.17) is 14.2 Å². The summed E-state index contributed by atoms with van der Waals surface area (Å²) >= 11 is 0. The maximum Gasteiger partial charge on any atom is 0.185 e. The number of benzene rings is 2. The minimum Gasteiger partial charge on any atom is -0.493 e. The molecule has 27 heavy (non-hydrogen) atoms. The maximum absolute atomic E-state index is 12.5. The van der Waals surface area contributed by atoms with Crippen molar-refractivity contribution in [1.82, 2.24) is 0 Å². The molecule has 0 atom stereocenters. The van der Waals surface area contributed by atoms with Crippen molar-refractivity contribution in [2.45, 2.75) is 27.7 Å². The zero-order chi connectivity index (χ0) is 19.8. The molecule has 2 aromatic carbocycles. The van der Waals surface area contributed by atoms with E-state index in [9.17, 15) is 4.79 Å². The Bertz CT molecular complexity index is 832. The molecule has 0 N–H and O–H groups in total. The van der Waals surface area contributed by atoms with Gasteiger partial charge in [-0.3, -0.25) is 4.79 Å². The normalized spacial score (nSPS) is 10.7. The largest absolute Gasteiger partial charge is 0.493 e. The topological polar surface area (TPSA) is 44.8 Å². The van der Waals surface area contributed by atoms with Crippen LogP contribution in [0.15, 0.2) is 54.8 Å². The molecule has 0 spiro atoms. The zero-order valence-corrected chi connectivity index (χ0v) is 16.4. The summed E-state index contributed by atoms with van der Waals surface area (Å²) in [7, 11) is 0. The summed E-state index contributed by atoms with van der Waals surface area (Å²) in [4.78, 5) is 12.5. The standard InChI is InChI=1S/C23H26O4/c1-6-25-22-15-23(26-7-2)19(14-17(22)5)10-13-21(24)18-8-11-20(12-9-18)27-16(3)4/h8-15H,3,6-7H2,1-2,4-5H3/b13-10+. The van der Waals surface area contributed by atoms with Crippen molar-refractivity contribution < 1.29 is 19.0 Å². The van der Waals surface area contributed by atoms with E-state index in [0.717, 1.165) is 16.9 Å². The second-order valence-corrected chi connectivity index (χ2v) is 6.05. The number of hydrogen-bond acceptors (Lipinski definition) is 4. The van der Waals surface area contributed by atoms with Gasteiger partial charge < -0.3 is 14.2 Å². The molecule has 0 fully saturated rings. The highest BCUT2D eigenvalue weighted by molar-refractivity contribution is 6.07. The van der Waals surface area contributed by atoms with Crippen LogP contribution in [0.5, 0.6) is 17.2 Å². The fraction of sp³-hybridized carbons (Fsp3) is 0.261. The van der Waals surface area contributed by atoms with E-state index >= 15 is 0 Å². The van der Waals surface area contributed by atoms with Crippen LogP contribution >= 0.6 is 0 Å². The summed E-state index contributed by atoms with van der Waals surface area (Å²) in [6.07, 6.45) is 3.32. The third-order valence-corrected chi connectivity index (χ3v) is 3.75. The Hall–Kier alpha value is -3.01. The monoisotopic (exact) mass is 366 g/mol. The molecule has 2 aromatic rings. The summed E-state index contributed by atoms with van der Waals surface area (Å²) < 4.78 is 16.7. The van der Waals surface area contributed by atoms with Crippen LogP contribution in [0.2, 0.25) is 0 Å². The molecule has 0 aliphatic heterocycles. The molecule has 0 amide bonds. The molecule has 0 unspecified atom stereocenters. The van der Waals surface area contributed by atoms with Crippen molar-refractivity contribution in [3.05, 3.63) is 71.5 Å². The number of rotatable bonds is 9. The highest BCUT2D eigenvalue weighted by Crippen LogP contribution is 2.30.